The predicted molar refractivity (Wildman–Crippen MR) is 80.4 cm³/mol. The third-order valence-corrected chi connectivity index (χ3v) is 3.47. The number of carboxylic acid groups (broad SMARTS) is 1. The van der Waals surface area contributed by atoms with Gasteiger partial charge in [0.05, 0.1) is 0 Å². The van der Waals surface area contributed by atoms with Crippen molar-refractivity contribution in [2.24, 2.45) is 0 Å². The second kappa shape index (κ2) is 6.64. The van der Waals surface area contributed by atoms with E-state index in [1.807, 2.05) is 32.0 Å². The molecule has 0 radical (unpaired) electrons. The number of aryl methyl sites for hydroxylation is 1. The fourth-order valence-electron chi connectivity index (χ4n) is 2.22. The summed E-state index contributed by atoms with van der Waals surface area (Å²) in [6.45, 7) is 7.91. The summed E-state index contributed by atoms with van der Waals surface area (Å²) < 4.78 is 0. The Labute approximate surface area is 120 Å². The largest absolute Gasteiger partial charge is 0.508 e. The quantitative estimate of drug-likeness (QED) is 0.740. The third kappa shape index (κ3) is 5.11. The molecule has 4 nitrogen and oxygen atoms in total. The summed E-state index contributed by atoms with van der Waals surface area (Å²) in [5.74, 6) is 0.730. The number of carbonyl (C=O) groups is 1. The molecule has 0 spiro atoms. The molecule has 1 aromatic carbocycles. The number of benzene rings is 1. The van der Waals surface area contributed by atoms with Gasteiger partial charge in [0.2, 0.25) is 0 Å². The first-order valence-corrected chi connectivity index (χ1v) is 7.04. The van der Waals surface area contributed by atoms with E-state index in [9.17, 15) is 9.90 Å². The molecule has 0 atom stereocenters. The number of aromatic hydroxyl groups is 1. The van der Waals surface area contributed by atoms with E-state index in [1.165, 1.54) is 0 Å². The van der Waals surface area contributed by atoms with Crippen LogP contribution in [0.2, 0.25) is 0 Å². The highest BCUT2D eigenvalue weighted by molar-refractivity contribution is 5.65. The Morgan fingerprint density at radius 2 is 2.00 bits per heavy atom. The van der Waals surface area contributed by atoms with Gasteiger partial charge in [0.25, 0.3) is 0 Å². The van der Waals surface area contributed by atoms with Gasteiger partial charge < -0.3 is 15.5 Å². The first kappa shape index (κ1) is 16.3. The summed E-state index contributed by atoms with van der Waals surface area (Å²) >= 11 is 0. The molecule has 0 heterocycles. The second-order valence-corrected chi connectivity index (χ2v) is 6.21. The summed E-state index contributed by atoms with van der Waals surface area (Å²) in [5, 5.41) is 21.2. The number of nitrogens with one attached hydrogen (secondary N) is 1. The normalized spacial score (nSPS) is 11.7. The first-order valence-electron chi connectivity index (χ1n) is 7.04. The van der Waals surface area contributed by atoms with Crippen molar-refractivity contribution >= 4 is 6.09 Å². The standard InChI is InChI=1S/C16H25NO3/c1-11(2)13-8-7-12(14(18)10-13)6-5-9-16(3,4)17-15(19)20/h7-8,10-11,17-18H,5-6,9H2,1-4H3,(H,19,20). The highest BCUT2D eigenvalue weighted by Crippen LogP contribution is 2.25. The lowest BCUT2D eigenvalue weighted by Gasteiger charge is -2.24. The molecule has 0 fully saturated rings. The maximum atomic E-state index is 10.7. The van der Waals surface area contributed by atoms with E-state index in [0.29, 0.717) is 11.7 Å². The average molecular weight is 279 g/mol. The lowest BCUT2D eigenvalue weighted by Crippen LogP contribution is -2.42. The van der Waals surface area contributed by atoms with Gasteiger partial charge in [-0.05, 0) is 56.2 Å². The molecule has 0 aromatic heterocycles. The Bertz CT molecular complexity index is 467. The predicted octanol–water partition coefficient (Wildman–Crippen LogP) is 3.88. The molecule has 112 valence electrons. The highest BCUT2D eigenvalue weighted by Gasteiger charge is 2.19. The van der Waals surface area contributed by atoms with Crippen molar-refractivity contribution in [3.05, 3.63) is 29.3 Å². The summed E-state index contributed by atoms with van der Waals surface area (Å²) in [6, 6.07) is 5.82. The number of rotatable bonds is 6. The van der Waals surface area contributed by atoms with Gasteiger partial charge in [-0.1, -0.05) is 26.0 Å². The molecule has 0 unspecified atom stereocenters. The van der Waals surface area contributed by atoms with Crippen molar-refractivity contribution in [3.63, 3.8) is 0 Å². The van der Waals surface area contributed by atoms with Gasteiger partial charge in [0.15, 0.2) is 0 Å². The van der Waals surface area contributed by atoms with Crippen LogP contribution in [-0.2, 0) is 6.42 Å². The monoisotopic (exact) mass is 279 g/mol. The smallest absolute Gasteiger partial charge is 0.405 e. The number of amides is 1. The average Bonchev–Trinajstić information content (AvgIpc) is 2.29. The van der Waals surface area contributed by atoms with Crippen LogP contribution in [0.1, 0.15) is 57.6 Å². The zero-order chi connectivity index (χ0) is 15.3. The van der Waals surface area contributed by atoms with Gasteiger partial charge in [-0.25, -0.2) is 4.79 Å². The molecule has 0 saturated heterocycles. The van der Waals surface area contributed by atoms with Gasteiger partial charge in [-0.3, -0.25) is 0 Å². The van der Waals surface area contributed by atoms with Crippen LogP contribution in [0, 0.1) is 0 Å². The maximum Gasteiger partial charge on any atom is 0.405 e. The maximum absolute atomic E-state index is 10.7. The number of phenols is 1. The molecule has 1 aromatic rings. The molecule has 1 rings (SSSR count). The Morgan fingerprint density at radius 3 is 2.50 bits per heavy atom. The molecule has 1 amide bonds. The molecule has 0 bridgehead atoms. The third-order valence-electron chi connectivity index (χ3n) is 3.47. The topological polar surface area (TPSA) is 69.6 Å². The van der Waals surface area contributed by atoms with E-state index in [1.54, 1.807) is 0 Å². The number of hydrogen-bond donors (Lipinski definition) is 3. The molecule has 4 heteroatoms. The van der Waals surface area contributed by atoms with Crippen LogP contribution >= 0.6 is 0 Å². The van der Waals surface area contributed by atoms with E-state index >= 15 is 0 Å². The van der Waals surface area contributed by atoms with Crippen molar-refractivity contribution in [2.45, 2.75) is 58.4 Å². The van der Waals surface area contributed by atoms with Crippen molar-refractivity contribution in [1.82, 2.24) is 5.32 Å². The summed E-state index contributed by atoms with van der Waals surface area (Å²) in [7, 11) is 0. The lowest BCUT2D eigenvalue weighted by atomic mass is 9.94. The fourth-order valence-corrected chi connectivity index (χ4v) is 2.22. The molecular weight excluding hydrogens is 254 g/mol. The van der Waals surface area contributed by atoms with Gasteiger partial charge in [0.1, 0.15) is 5.75 Å². The van der Waals surface area contributed by atoms with Crippen molar-refractivity contribution in [1.29, 1.82) is 0 Å². The van der Waals surface area contributed by atoms with E-state index in [2.05, 4.69) is 19.2 Å². The van der Waals surface area contributed by atoms with Crippen molar-refractivity contribution in [2.75, 3.05) is 0 Å². The fraction of sp³-hybridized carbons (Fsp3) is 0.562. The van der Waals surface area contributed by atoms with Crippen molar-refractivity contribution in [3.8, 4) is 5.75 Å². The minimum absolute atomic E-state index is 0.334. The van der Waals surface area contributed by atoms with Crippen LogP contribution in [0.5, 0.6) is 5.75 Å². The SMILES string of the molecule is CC(C)c1ccc(CCCC(C)(C)NC(=O)O)c(O)c1. The van der Waals surface area contributed by atoms with E-state index in [0.717, 1.165) is 30.4 Å². The van der Waals surface area contributed by atoms with E-state index in [-0.39, 0.29) is 0 Å². The Morgan fingerprint density at radius 1 is 1.35 bits per heavy atom. The minimum atomic E-state index is -1.00. The molecule has 3 N–H and O–H groups in total. The van der Waals surface area contributed by atoms with Crippen LogP contribution in [0.3, 0.4) is 0 Å². The summed E-state index contributed by atoms with van der Waals surface area (Å²) in [5.41, 5.74) is 1.60. The van der Waals surface area contributed by atoms with Crippen LogP contribution in [0.25, 0.3) is 0 Å². The number of phenolic OH excluding ortho intramolecular Hbond substituents is 1. The minimum Gasteiger partial charge on any atom is -0.508 e. The Balaban J connectivity index is 2.56. The molecule has 0 saturated carbocycles. The number of hydrogen-bond acceptors (Lipinski definition) is 2. The molecule has 0 aliphatic rings. The van der Waals surface area contributed by atoms with Gasteiger partial charge in [0, 0.05) is 5.54 Å². The van der Waals surface area contributed by atoms with Gasteiger partial charge in [-0.2, -0.15) is 0 Å². The Kier molecular flexibility index (Phi) is 5.43. The summed E-state index contributed by atoms with van der Waals surface area (Å²) in [4.78, 5) is 10.7. The van der Waals surface area contributed by atoms with Crippen LogP contribution in [0.4, 0.5) is 4.79 Å². The lowest BCUT2D eigenvalue weighted by molar-refractivity contribution is 0.180. The van der Waals surface area contributed by atoms with Crippen LogP contribution in [0.15, 0.2) is 18.2 Å². The molecule has 0 aliphatic carbocycles. The molecule has 0 aliphatic heterocycles. The molecule has 20 heavy (non-hydrogen) atoms. The second-order valence-electron chi connectivity index (χ2n) is 6.21. The van der Waals surface area contributed by atoms with Crippen LogP contribution in [-0.4, -0.2) is 21.8 Å². The van der Waals surface area contributed by atoms with E-state index < -0.39 is 11.6 Å². The summed E-state index contributed by atoms with van der Waals surface area (Å²) in [6.07, 6.45) is 1.29. The molecular formula is C16H25NO3. The zero-order valence-corrected chi connectivity index (χ0v) is 12.7. The van der Waals surface area contributed by atoms with Gasteiger partial charge >= 0.3 is 6.09 Å². The zero-order valence-electron chi connectivity index (χ0n) is 12.7. The van der Waals surface area contributed by atoms with E-state index in [4.69, 9.17) is 5.11 Å². The van der Waals surface area contributed by atoms with Crippen molar-refractivity contribution < 1.29 is 15.0 Å². The highest BCUT2D eigenvalue weighted by atomic mass is 16.4. The van der Waals surface area contributed by atoms with Crippen LogP contribution < -0.4 is 5.32 Å². The Hall–Kier alpha value is -1.71. The van der Waals surface area contributed by atoms with Gasteiger partial charge in [-0.15, -0.1) is 0 Å². The first-order chi connectivity index (χ1) is 9.21.